The Hall–Kier alpha value is -3.55. The van der Waals surface area contributed by atoms with Crippen LogP contribution in [-0.2, 0) is 14.3 Å². The van der Waals surface area contributed by atoms with Gasteiger partial charge in [0.15, 0.2) is 5.92 Å². The normalized spacial score (nSPS) is 17.7. The van der Waals surface area contributed by atoms with Gasteiger partial charge in [-0.2, -0.15) is 0 Å². The summed E-state index contributed by atoms with van der Waals surface area (Å²) in [4.78, 5) is 33.7. The molecule has 2 atom stereocenters. The van der Waals surface area contributed by atoms with Gasteiger partial charge in [0.1, 0.15) is 11.5 Å². The van der Waals surface area contributed by atoms with Crippen molar-refractivity contribution in [2.45, 2.75) is 33.2 Å². The summed E-state index contributed by atoms with van der Waals surface area (Å²) in [6, 6.07) is 12.4. The van der Waals surface area contributed by atoms with Crippen LogP contribution in [0, 0.1) is 11.8 Å². The molecule has 2 aromatic carbocycles. The lowest BCUT2D eigenvalue weighted by Crippen LogP contribution is -2.50. The zero-order valence-electron chi connectivity index (χ0n) is 20.3. The summed E-state index contributed by atoms with van der Waals surface area (Å²) in [5.74, 6) is 0.0782. The number of imidazole rings is 1. The van der Waals surface area contributed by atoms with Crippen molar-refractivity contribution in [3.8, 4) is 11.5 Å². The molecule has 0 fully saturated rings. The van der Waals surface area contributed by atoms with Crippen molar-refractivity contribution in [3.63, 3.8) is 0 Å². The summed E-state index contributed by atoms with van der Waals surface area (Å²) in [5, 5.41) is 0. The SMILES string of the molecule is CCOC(=O)[C@@H]1C(=O)N(CCC(C)C)c2nc3ccccc3n2[C@@H]1c1ccc(OC)cc1OC. The number of methoxy groups -OCH3 is 2. The first-order valence-corrected chi connectivity index (χ1v) is 11.6. The van der Waals surface area contributed by atoms with Crippen LogP contribution in [0.1, 0.15) is 38.8 Å². The van der Waals surface area contributed by atoms with E-state index in [0.29, 0.717) is 35.5 Å². The number of benzene rings is 2. The summed E-state index contributed by atoms with van der Waals surface area (Å²) in [6.07, 6.45) is 0.779. The molecule has 34 heavy (non-hydrogen) atoms. The van der Waals surface area contributed by atoms with E-state index >= 15 is 0 Å². The molecular formula is C26H31N3O5. The number of esters is 1. The molecule has 0 bridgehead atoms. The Morgan fingerprint density at radius 3 is 2.56 bits per heavy atom. The standard InChI is InChI=1S/C26H31N3O5/c1-6-34-25(31)22-23(18-12-11-17(32-4)15-21(18)33-5)29-20-10-8-7-9-19(20)27-26(29)28(24(22)30)14-13-16(2)3/h7-12,15-16,22-23H,6,13-14H2,1-5H3/t22-,23+/m0/s1. The molecule has 2 heterocycles. The molecule has 0 saturated carbocycles. The summed E-state index contributed by atoms with van der Waals surface area (Å²) in [5.41, 5.74) is 2.26. The fourth-order valence-corrected chi connectivity index (χ4v) is 4.49. The number of ether oxygens (including phenoxy) is 3. The summed E-state index contributed by atoms with van der Waals surface area (Å²) in [7, 11) is 3.14. The summed E-state index contributed by atoms with van der Waals surface area (Å²) < 4.78 is 18.4. The van der Waals surface area contributed by atoms with Crippen LogP contribution >= 0.6 is 0 Å². The largest absolute Gasteiger partial charge is 0.497 e. The topological polar surface area (TPSA) is 82.9 Å². The highest BCUT2D eigenvalue weighted by Gasteiger charge is 2.48. The van der Waals surface area contributed by atoms with Crippen molar-refractivity contribution in [2.24, 2.45) is 11.8 Å². The number of para-hydroxylation sites is 2. The van der Waals surface area contributed by atoms with Gasteiger partial charge >= 0.3 is 5.97 Å². The number of aromatic nitrogens is 2. The van der Waals surface area contributed by atoms with Gasteiger partial charge in [0.25, 0.3) is 0 Å². The summed E-state index contributed by atoms with van der Waals surface area (Å²) >= 11 is 0. The molecule has 0 aliphatic carbocycles. The van der Waals surface area contributed by atoms with Gasteiger partial charge in [-0.1, -0.05) is 26.0 Å². The highest BCUT2D eigenvalue weighted by Crippen LogP contribution is 2.44. The van der Waals surface area contributed by atoms with Gasteiger partial charge in [-0.15, -0.1) is 0 Å². The minimum atomic E-state index is -1.08. The van der Waals surface area contributed by atoms with Gasteiger partial charge < -0.3 is 18.8 Å². The van der Waals surface area contributed by atoms with Crippen molar-refractivity contribution >= 4 is 28.9 Å². The lowest BCUT2D eigenvalue weighted by molar-refractivity contribution is -0.153. The van der Waals surface area contributed by atoms with Gasteiger partial charge in [-0.25, -0.2) is 4.98 Å². The number of hydrogen-bond donors (Lipinski definition) is 0. The number of nitrogens with zero attached hydrogens (tertiary/aromatic N) is 3. The minimum absolute atomic E-state index is 0.179. The Morgan fingerprint density at radius 1 is 1.12 bits per heavy atom. The Morgan fingerprint density at radius 2 is 1.88 bits per heavy atom. The maximum atomic E-state index is 13.9. The van der Waals surface area contributed by atoms with Gasteiger partial charge in [-0.05, 0) is 43.5 Å². The van der Waals surface area contributed by atoms with E-state index in [1.54, 1.807) is 38.2 Å². The second kappa shape index (κ2) is 9.75. The molecule has 0 spiro atoms. The smallest absolute Gasteiger partial charge is 0.321 e. The van der Waals surface area contributed by atoms with Crippen molar-refractivity contribution in [2.75, 3.05) is 32.3 Å². The molecule has 1 aromatic heterocycles. The number of fused-ring (bicyclic) bond motifs is 3. The van der Waals surface area contributed by atoms with Crippen LogP contribution in [0.3, 0.4) is 0 Å². The Balaban J connectivity index is 2.00. The van der Waals surface area contributed by atoms with Gasteiger partial charge in [-0.3, -0.25) is 14.5 Å². The molecule has 0 N–H and O–H groups in total. The van der Waals surface area contributed by atoms with E-state index in [2.05, 4.69) is 13.8 Å². The lowest BCUT2D eigenvalue weighted by atomic mass is 9.88. The van der Waals surface area contributed by atoms with Crippen molar-refractivity contribution in [1.82, 2.24) is 9.55 Å². The first-order chi connectivity index (χ1) is 16.4. The van der Waals surface area contributed by atoms with E-state index in [1.807, 2.05) is 34.9 Å². The second-order valence-electron chi connectivity index (χ2n) is 8.73. The quantitative estimate of drug-likeness (QED) is 0.366. The van der Waals surface area contributed by atoms with Crippen LogP contribution in [0.15, 0.2) is 42.5 Å². The molecule has 4 rings (SSSR count). The van der Waals surface area contributed by atoms with Gasteiger partial charge in [0, 0.05) is 18.2 Å². The molecule has 0 radical (unpaired) electrons. The molecule has 1 amide bonds. The lowest BCUT2D eigenvalue weighted by Gasteiger charge is -2.38. The van der Waals surface area contributed by atoms with E-state index < -0.39 is 17.9 Å². The number of amides is 1. The Bertz CT molecular complexity index is 1200. The highest BCUT2D eigenvalue weighted by molar-refractivity contribution is 6.08. The van der Waals surface area contributed by atoms with Crippen LogP contribution in [0.2, 0.25) is 0 Å². The average Bonchev–Trinajstić information content (AvgIpc) is 3.21. The van der Waals surface area contributed by atoms with Crippen molar-refractivity contribution in [1.29, 1.82) is 0 Å². The second-order valence-corrected chi connectivity index (χ2v) is 8.73. The number of carbonyl (C=O) groups is 2. The molecule has 0 saturated heterocycles. The maximum Gasteiger partial charge on any atom is 0.321 e. The van der Waals surface area contributed by atoms with Gasteiger partial charge in [0.05, 0.1) is 37.9 Å². The van der Waals surface area contributed by atoms with E-state index in [0.717, 1.165) is 17.5 Å². The van der Waals surface area contributed by atoms with E-state index in [9.17, 15) is 9.59 Å². The molecule has 180 valence electrons. The molecule has 8 heteroatoms. The van der Waals surface area contributed by atoms with E-state index in [4.69, 9.17) is 19.2 Å². The predicted molar refractivity (Wildman–Crippen MR) is 129 cm³/mol. The third-order valence-electron chi connectivity index (χ3n) is 6.17. The fraction of sp³-hybridized carbons (Fsp3) is 0.423. The number of rotatable bonds is 8. The van der Waals surface area contributed by atoms with Crippen LogP contribution in [0.25, 0.3) is 11.0 Å². The maximum absolute atomic E-state index is 13.9. The zero-order chi connectivity index (χ0) is 24.4. The third kappa shape index (κ3) is 4.08. The molecule has 1 aliphatic heterocycles. The van der Waals surface area contributed by atoms with Gasteiger partial charge in [0.2, 0.25) is 11.9 Å². The van der Waals surface area contributed by atoms with E-state index in [-0.39, 0.29) is 12.5 Å². The van der Waals surface area contributed by atoms with Crippen LogP contribution in [-0.4, -0.2) is 48.8 Å². The monoisotopic (exact) mass is 465 g/mol. The molecular weight excluding hydrogens is 434 g/mol. The molecule has 8 nitrogen and oxygen atoms in total. The van der Waals surface area contributed by atoms with Crippen LogP contribution in [0.4, 0.5) is 5.95 Å². The Kier molecular flexibility index (Phi) is 6.77. The fourth-order valence-electron chi connectivity index (χ4n) is 4.49. The molecule has 1 aliphatic rings. The number of anilines is 1. The first-order valence-electron chi connectivity index (χ1n) is 11.6. The average molecular weight is 466 g/mol. The highest BCUT2D eigenvalue weighted by atomic mass is 16.5. The predicted octanol–water partition coefficient (Wildman–Crippen LogP) is 4.21. The number of hydrogen-bond acceptors (Lipinski definition) is 6. The number of carbonyl (C=O) groups excluding carboxylic acids is 2. The van der Waals surface area contributed by atoms with Crippen molar-refractivity contribution in [3.05, 3.63) is 48.0 Å². The molecule has 0 unspecified atom stereocenters. The van der Waals surface area contributed by atoms with Crippen LogP contribution in [0.5, 0.6) is 11.5 Å². The third-order valence-corrected chi connectivity index (χ3v) is 6.17. The minimum Gasteiger partial charge on any atom is -0.497 e. The summed E-state index contributed by atoms with van der Waals surface area (Å²) in [6.45, 7) is 6.58. The van der Waals surface area contributed by atoms with Crippen LogP contribution < -0.4 is 14.4 Å². The molecule has 3 aromatic rings. The Labute approximate surface area is 199 Å². The first kappa shape index (κ1) is 23.6. The zero-order valence-corrected chi connectivity index (χ0v) is 20.3. The van der Waals surface area contributed by atoms with E-state index in [1.165, 1.54) is 0 Å². The van der Waals surface area contributed by atoms with Crippen molar-refractivity contribution < 1.29 is 23.8 Å².